The van der Waals surface area contributed by atoms with E-state index in [4.69, 9.17) is 0 Å². The van der Waals surface area contributed by atoms with Gasteiger partial charge in [-0.1, -0.05) is 6.92 Å². The van der Waals surface area contributed by atoms with E-state index in [9.17, 15) is 17.4 Å². The summed E-state index contributed by atoms with van der Waals surface area (Å²) < 4.78 is 48.3. The Kier molecular flexibility index (Phi) is 3.54. The summed E-state index contributed by atoms with van der Waals surface area (Å²) >= 11 is 0. The molecule has 0 N–H and O–H groups in total. The number of hydrogen-bond acceptors (Lipinski definition) is 1. The van der Waals surface area contributed by atoms with Gasteiger partial charge >= 0.3 is 6.18 Å². The molecule has 0 bridgehead atoms. The highest BCUT2D eigenvalue weighted by atomic mass is 32.2. The predicted octanol–water partition coefficient (Wildman–Crippen LogP) is 3.14. The average molecular weight is 236 g/mol. The second kappa shape index (κ2) is 4.35. The van der Waals surface area contributed by atoms with Gasteiger partial charge < -0.3 is 0 Å². The van der Waals surface area contributed by atoms with Crippen LogP contribution in [0.15, 0.2) is 23.1 Å². The van der Waals surface area contributed by atoms with E-state index >= 15 is 0 Å². The Morgan fingerprint density at radius 1 is 1.33 bits per heavy atom. The van der Waals surface area contributed by atoms with Crippen molar-refractivity contribution in [1.29, 1.82) is 0 Å². The molecule has 1 atom stereocenters. The van der Waals surface area contributed by atoms with E-state index in [0.29, 0.717) is 16.2 Å². The summed E-state index contributed by atoms with van der Waals surface area (Å²) in [5.41, 5.74) is -0.276. The van der Waals surface area contributed by atoms with Gasteiger partial charge in [0.25, 0.3) is 0 Å². The van der Waals surface area contributed by atoms with E-state index in [2.05, 4.69) is 0 Å². The van der Waals surface area contributed by atoms with Crippen molar-refractivity contribution >= 4 is 10.8 Å². The molecule has 15 heavy (non-hydrogen) atoms. The first-order chi connectivity index (χ1) is 6.86. The van der Waals surface area contributed by atoms with E-state index in [-0.39, 0.29) is 0 Å². The molecule has 1 aromatic rings. The minimum absolute atomic E-state index is 0.409. The Morgan fingerprint density at radius 2 is 1.93 bits per heavy atom. The van der Waals surface area contributed by atoms with Crippen molar-refractivity contribution in [1.82, 2.24) is 0 Å². The van der Waals surface area contributed by atoms with Gasteiger partial charge in [0.2, 0.25) is 0 Å². The Hall–Kier alpha value is -0.840. The summed E-state index contributed by atoms with van der Waals surface area (Å²) in [6.45, 7) is 3.27. The molecule has 0 fully saturated rings. The van der Waals surface area contributed by atoms with Gasteiger partial charge in [-0.05, 0) is 30.7 Å². The smallest absolute Gasteiger partial charge is 0.254 e. The summed E-state index contributed by atoms with van der Waals surface area (Å²) in [6.07, 6.45) is -4.34. The molecule has 0 amide bonds. The average Bonchev–Trinajstić information content (AvgIpc) is 2.15. The summed E-state index contributed by atoms with van der Waals surface area (Å²) in [7, 11) is -1.20. The molecule has 0 radical (unpaired) electrons. The normalized spacial score (nSPS) is 13.9. The van der Waals surface area contributed by atoms with Crippen LogP contribution in [-0.2, 0) is 17.0 Å². The van der Waals surface area contributed by atoms with Crippen LogP contribution in [0.2, 0.25) is 0 Å². The highest BCUT2D eigenvalue weighted by Crippen LogP contribution is 2.30. The molecule has 1 rings (SSSR count). The number of aryl methyl sites for hydroxylation is 1. The lowest BCUT2D eigenvalue weighted by molar-refractivity contribution is -0.137. The highest BCUT2D eigenvalue weighted by molar-refractivity contribution is 7.85. The fourth-order valence-electron chi connectivity index (χ4n) is 1.24. The molecule has 0 aliphatic carbocycles. The maximum absolute atomic E-state index is 12.3. The fourth-order valence-corrected chi connectivity index (χ4v) is 2.19. The first kappa shape index (κ1) is 12.2. The lowest BCUT2D eigenvalue weighted by Gasteiger charge is -2.10. The van der Waals surface area contributed by atoms with Gasteiger partial charge in [0.1, 0.15) is 0 Å². The van der Waals surface area contributed by atoms with Crippen molar-refractivity contribution in [2.24, 2.45) is 0 Å². The molecular weight excluding hydrogens is 225 g/mol. The van der Waals surface area contributed by atoms with Crippen LogP contribution in [-0.4, -0.2) is 9.96 Å². The number of halogens is 3. The quantitative estimate of drug-likeness (QED) is 0.771. The van der Waals surface area contributed by atoms with Crippen LogP contribution in [0.4, 0.5) is 13.2 Å². The van der Waals surface area contributed by atoms with Gasteiger partial charge in [0, 0.05) is 10.6 Å². The van der Waals surface area contributed by atoms with Crippen LogP contribution in [0.25, 0.3) is 0 Å². The monoisotopic (exact) mass is 236 g/mol. The van der Waals surface area contributed by atoms with Crippen molar-refractivity contribution in [3.05, 3.63) is 29.3 Å². The zero-order valence-corrected chi connectivity index (χ0v) is 9.21. The zero-order valence-electron chi connectivity index (χ0n) is 8.39. The molecule has 5 heteroatoms. The first-order valence-electron chi connectivity index (χ1n) is 4.42. The predicted molar refractivity (Wildman–Crippen MR) is 53.1 cm³/mol. The number of hydrogen-bond donors (Lipinski definition) is 0. The summed E-state index contributed by atoms with van der Waals surface area (Å²) in [4.78, 5) is 0.477. The van der Waals surface area contributed by atoms with Crippen molar-refractivity contribution in [3.63, 3.8) is 0 Å². The minimum Gasteiger partial charge on any atom is -0.254 e. The Balaban J connectivity index is 3.15. The van der Waals surface area contributed by atoms with Crippen LogP contribution in [0.3, 0.4) is 0 Å². The molecule has 0 aromatic heterocycles. The van der Waals surface area contributed by atoms with Crippen LogP contribution < -0.4 is 0 Å². The van der Waals surface area contributed by atoms with Crippen molar-refractivity contribution in [3.8, 4) is 0 Å². The molecule has 1 nitrogen and oxygen atoms in total. The van der Waals surface area contributed by atoms with Gasteiger partial charge in [0.05, 0.1) is 16.4 Å². The van der Waals surface area contributed by atoms with Crippen LogP contribution in [0, 0.1) is 6.92 Å². The lowest BCUT2D eigenvalue weighted by atomic mass is 10.1. The Labute approximate surface area is 88.8 Å². The Bertz CT molecular complexity index is 385. The van der Waals surface area contributed by atoms with E-state index in [1.165, 1.54) is 13.0 Å². The fraction of sp³-hybridized carbons (Fsp3) is 0.400. The second-order valence-corrected chi connectivity index (χ2v) is 4.82. The standard InChI is InChI=1S/C10H11F3OS/c1-3-15(14)9-5-4-8(6-7(9)2)10(11,12)13/h4-6H,3H2,1-2H3. The SMILES string of the molecule is CCS(=O)c1ccc(C(F)(F)F)cc1C. The van der Waals surface area contributed by atoms with E-state index in [1.807, 2.05) is 0 Å². The van der Waals surface area contributed by atoms with Gasteiger partial charge in [-0.25, -0.2) is 0 Å². The number of benzene rings is 1. The molecule has 1 unspecified atom stereocenters. The van der Waals surface area contributed by atoms with E-state index in [0.717, 1.165) is 12.1 Å². The second-order valence-electron chi connectivity index (χ2n) is 3.11. The molecule has 0 aliphatic rings. The third-order valence-electron chi connectivity index (χ3n) is 2.01. The molecular formula is C10H11F3OS. The van der Waals surface area contributed by atoms with Crippen LogP contribution >= 0.6 is 0 Å². The minimum atomic E-state index is -4.34. The Morgan fingerprint density at radius 3 is 2.33 bits per heavy atom. The topological polar surface area (TPSA) is 17.1 Å². The number of rotatable bonds is 2. The van der Waals surface area contributed by atoms with Crippen molar-refractivity contribution in [2.75, 3.05) is 5.75 Å². The maximum atomic E-state index is 12.3. The largest absolute Gasteiger partial charge is 0.416 e. The molecule has 0 saturated carbocycles. The van der Waals surface area contributed by atoms with Crippen LogP contribution in [0.1, 0.15) is 18.1 Å². The molecule has 84 valence electrons. The van der Waals surface area contributed by atoms with Crippen molar-refractivity contribution < 1.29 is 17.4 Å². The molecule has 0 saturated heterocycles. The van der Waals surface area contributed by atoms with Gasteiger partial charge in [-0.3, -0.25) is 4.21 Å². The first-order valence-corrected chi connectivity index (χ1v) is 5.74. The molecule has 0 aliphatic heterocycles. The van der Waals surface area contributed by atoms with E-state index < -0.39 is 22.5 Å². The van der Waals surface area contributed by atoms with Gasteiger partial charge in [-0.2, -0.15) is 13.2 Å². The number of alkyl halides is 3. The van der Waals surface area contributed by atoms with E-state index in [1.54, 1.807) is 6.92 Å². The molecule has 0 heterocycles. The maximum Gasteiger partial charge on any atom is 0.416 e. The lowest BCUT2D eigenvalue weighted by Crippen LogP contribution is -2.06. The van der Waals surface area contributed by atoms with Gasteiger partial charge in [0.15, 0.2) is 0 Å². The van der Waals surface area contributed by atoms with Crippen LogP contribution in [0.5, 0.6) is 0 Å². The third-order valence-corrected chi connectivity index (χ3v) is 3.48. The summed E-state index contributed by atoms with van der Waals surface area (Å²) in [6, 6.07) is 3.29. The molecule has 1 aromatic carbocycles. The summed E-state index contributed by atoms with van der Waals surface area (Å²) in [5, 5.41) is 0. The summed E-state index contributed by atoms with van der Waals surface area (Å²) in [5.74, 6) is 0.409. The third kappa shape index (κ3) is 2.81. The van der Waals surface area contributed by atoms with Crippen molar-refractivity contribution in [2.45, 2.75) is 24.9 Å². The van der Waals surface area contributed by atoms with Gasteiger partial charge in [-0.15, -0.1) is 0 Å². The zero-order chi connectivity index (χ0) is 11.6. The molecule has 0 spiro atoms. The highest BCUT2D eigenvalue weighted by Gasteiger charge is 2.30.